The van der Waals surface area contributed by atoms with Crippen molar-refractivity contribution in [1.29, 1.82) is 0 Å². The standard InChI is InChI=1S/C15H17ClN2O4S/c1-10(23-2)12-13(19)17(11-6-4-3-5-7-11)14(20)18(12)15(21)22-9-8-16/h3-7,10,12H,8-9H2,1-2H3. The van der Waals surface area contributed by atoms with E-state index in [-0.39, 0.29) is 17.7 Å². The molecular weight excluding hydrogens is 340 g/mol. The summed E-state index contributed by atoms with van der Waals surface area (Å²) < 4.78 is 4.95. The summed E-state index contributed by atoms with van der Waals surface area (Å²) in [6, 6.07) is 6.90. The highest BCUT2D eigenvalue weighted by Crippen LogP contribution is 2.30. The Morgan fingerprint density at radius 1 is 1.35 bits per heavy atom. The van der Waals surface area contributed by atoms with Gasteiger partial charge in [0, 0.05) is 5.25 Å². The third-order valence-corrected chi connectivity index (χ3v) is 4.63. The molecule has 23 heavy (non-hydrogen) atoms. The Labute approximate surface area is 143 Å². The number of para-hydroxylation sites is 1. The van der Waals surface area contributed by atoms with E-state index in [1.165, 1.54) is 11.8 Å². The Bertz CT molecular complexity index is 598. The van der Waals surface area contributed by atoms with Gasteiger partial charge in [0.1, 0.15) is 12.6 Å². The van der Waals surface area contributed by atoms with Gasteiger partial charge < -0.3 is 4.74 Å². The third kappa shape index (κ3) is 3.45. The first-order valence-electron chi connectivity index (χ1n) is 7.00. The first kappa shape index (κ1) is 17.6. The summed E-state index contributed by atoms with van der Waals surface area (Å²) in [6.07, 6.45) is 0.962. The van der Waals surface area contributed by atoms with Crippen LogP contribution in [0.4, 0.5) is 15.3 Å². The number of urea groups is 1. The molecule has 0 radical (unpaired) electrons. The van der Waals surface area contributed by atoms with Crippen LogP contribution in [0.2, 0.25) is 0 Å². The summed E-state index contributed by atoms with van der Waals surface area (Å²) in [7, 11) is 0. The minimum Gasteiger partial charge on any atom is -0.448 e. The Kier molecular flexibility index (Phi) is 5.90. The van der Waals surface area contributed by atoms with E-state index in [4.69, 9.17) is 16.3 Å². The molecule has 1 aromatic rings. The minimum atomic E-state index is -0.902. The normalized spacial score (nSPS) is 19.2. The highest BCUT2D eigenvalue weighted by Gasteiger charge is 2.52. The Hall–Kier alpha value is -1.73. The van der Waals surface area contributed by atoms with Crippen LogP contribution in [0.5, 0.6) is 0 Å². The van der Waals surface area contributed by atoms with E-state index in [9.17, 15) is 14.4 Å². The molecule has 0 saturated carbocycles. The van der Waals surface area contributed by atoms with Gasteiger partial charge in [-0.1, -0.05) is 25.1 Å². The maximum absolute atomic E-state index is 12.7. The van der Waals surface area contributed by atoms with Crippen LogP contribution in [-0.4, -0.2) is 53.0 Å². The number of rotatable bonds is 5. The molecule has 4 amide bonds. The quantitative estimate of drug-likeness (QED) is 0.599. The Balaban J connectivity index is 2.37. The second-order valence-electron chi connectivity index (χ2n) is 4.85. The molecule has 0 aromatic heterocycles. The molecule has 1 aliphatic heterocycles. The van der Waals surface area contributed by atoms with Crippen LogP contribution >= 0.6 is 23.4 Å². The molecule has 2 rings (SSSR count). The van der Waals surface area contributed by atoms with Crippen LogP contribution in [0.25, 0.3) is 0 Å². The summed E-state index contributed by atoms with van der Waals surface area (Å²) >= 11 is 6.90. The maximum Gasteiger partial charge on any atom is 0.418 e. The smallest absolute Gasteiger partial charge is 0.418 e. The number of halogens is 1. The topological polar surface area (TPSA) is 66.9 Å². The highest BCUT2D eigenvalue weighted by molar-refractivity contribution is 7.99. The Morgan fingerprint density at radius 3 is 2.57 bits per heavy atom. The van der Waals surface area contributed by atoms with E-state index in [1.54, 1.807) is 37.3 Å². The van der Waals surface area contributed by atoms with Gasteiger partial charge in [-0.25, -0.2) is 19.4 Å². The molecule has 6 nitrogen and oxygen atoms in total. The molecule has 1 aromatic carbocycles. The van der Waals surface area contributed by atoms with E-state index >= 15 is 0 Å². The van der Waals surface area contributed by atoms with Crippen molar-refractivity contribution >= 4 is 47.1 Å². The number of alkyl halides is 1. The van der Waals surface area contributed by atoms with Gasteiger partial charge in [0.2, 0.25) is 0 Å². The number of hydrogen-bond donors (Lipinski definition) is 0. The van der Waals surface area contributed by atoms with Crippen molar-refractivity contribution in [3.8, 4) is 0 Å². The molecule has 124 valence electrons. The number of carbonyl (C=O) groups excluding carboxylic acids is 3. The van der Waals surface area contributed by atoms with Gasteiger partial charge in [0.25, 0.3) is 5.91 Å². The summed E-state index contributed by atoms with van der Waals surface area (Å²) in [4.78, 5) is 39.5. The van der Waals surface area contributed by atoms with Crippen molar-refractivity contribution in [3.63, 3.8) is 0 Å². The molecule has 1 saturated heterocycles. The lowest BCUT2D eigenvalue weighted by Crippen LogP contribution is -2.45. The van der Waals surface area contributed by atoms with Crippen molar-refractivity contribution in [2.24, 2.45) is 0 Å². The van der Waals surface area contributed by atoms with Crippen LogP contribution in [0.1, 0.15) is 6.92 Å². The first-order valence-corrected chi connectivity index (χ1v) is 8.83. The first-order chi connectivity index (χ1) is 11.0. The molecule has 0 N–H and O–H groups in total. The lowest BCUT2D eigenvalue weighted by atomic mass is 10.2. The second kappa shape index (κ2) is 7.70. The number of nitrogens with zero attached hydrogens (tertiary/aromatic N) is 2. The van der Waals surface area contributed by atoms with Gasteiger partial charge in [-0.2, -0.15) is 11.8 Å². The second-order valence-corrected chi connectivity index (χ2v) is 6.44. The van der Waals surface area contributed by atoms with Crippen molar-refractivity contribution in [2.75, 3.05) is 23.6 Å². The molecule has 0 spiro atoms. The predicted molar refractivity (Wildman–Crippen MR) is 90.0 cm³/mol. The van der Waals surface area contributed by atoms with Crippen LogP contribution in [0, 0.1) is 0 Å². The van der Waals surface area contributed by atoms with Gasteiger partial charge >= 0.3 is 12.1 Å². The van der Waals surface area contributed by atoms with E-state index in [0.29, 0.717) is 5.69 Å². The Morgan fingerprint density at radius 2 is 2.00 bits per heavy atom. The fourth-order valence-electron chi connectivity index (χ4n) is 2.31. The van der Waals surface area contributed by atoms with Crippen LogP contribution in [0.15, 0.2) is 30.3 Å². The lowest BCUT2D eigenvalue weighted by Gasteiger charge is -2.22. The summed E-state index contributed by atoms with van der Waals surface area (Å²) in [6.45, 7) is 1.76. The maximum atomic E-state index is 12.7. The van der Waals surface area contributed by atoms with Gasteiger partial charge in [-0.3, -0.25) is 4.79 Å². The largest absolute Gasteiger partial charge is 0.448 e. The number of benzene rings is 1. The highest BCUT2D eigenvalue weighted by atomic mass is 35.5. The van der Waals surface area contributed by atoms with Gasteiger partial charge in [0.15, 0.2) is 0 Å². The molecule has 1 aliphatic rings. The van der Waals surface area contributed by atoms with Gasteiger partial charge in [-0.05, 0) is 18.4 Å². The minimum absolute atomic E-state index is 0.0237. The lowest BCUT2D eigenvalue weighted by molar-refractivity contribution is -0.119. The van der Waals surface area contributed by atoms with Gasteiger partial charge in [0.05, 0.1) is 11.6 Å². The zero-order chi connectivity index (χ0) is 17.0. The molecule has 2 unspecified atom stereocenters. The molecule has 1 heterocycles. The molecule has 2 atom stereocenters. The molecular formula is C15H17ClN2O4S. The van der Waals surface area contributed by atoms with Crippen molar-refractivity contribution in [1.82, 2.24) is 4.90 Å². The summed E-state index contributed by atoms with van der Waals surface area (Å²) in [5.74, 6) is -0.321. The number of anilines is 1. The number of thioether (sulfide) groups is 1. The van der Waals surface area contributed by atoms with E-state index in [2.05, 4.69) is 0 Å². The molecule has 1 fully saturated rings. The van der Waals surface area contributed by atoms with E-state index < -0.39 is 24.1 Å². The SMILES string of the molecule is CSC(C)C1C(=O)N(c2ccccc2)C(=O)N1C(=O)OCCCl. The van der Waals surface area contributed by atoms with Crippen molar-refractivity contribution in [2.45, 2.75) is 18.2 Å². The molecule has 0 bridgehead atoms. The fourth-order valence-corrected chi connectivity index (χ4v) is 2.88. The van der Waals surface area contributed by atoms with E-state index in [0.717, 1.165) is 9.80 Å². The fraction of sp³-hybridized carbons (Fsp3) is 0.400. The predicted octanol–water partition coefficient (Wildman–Crippen LogP) is 2.95. The molecule has 8 heteroatoms. The van der Waals surface area contributed by atoms with Crippen LogP contribution < -0.4 is 4.90 Å². The third-order valence-electron chi connectivity index (χ3n) is 3.48. The van der Waals surface area contributed by atoms with Gasteiger partial charge in [-0.15, -0.1) is 11.6 Å². The average Bonchev–Trinajstić information content (AvgIpc) is 2.83. The number of ether oxygens (including phenoxy) is 1. The summed E-state index contributed by atoms with van der Waals surface area (Å²) in [5, 5.41) is -0.260. The number of amides is 4. The monoisotopic (exact) mass is 356 g/mol. The van der Waals surface area contributed by atoms with Crippen molar-refractivity contribution < 1.29 is 19.1 Å². The average molecular weight is 357 g/mol. The molecule has 0 aliphatic carbocycles. The van der Waals surface area contributed by atoms with E-state index in [1.807, 2.05) is 6.26 Å². The zero-order valence-corrected chi connectivity index (χ0v) is 14.3. The zero-order valence-electron chi connectivity index (χ0n) is 12.8. The number of carbonyl (C=O) groups is 3. The summed E-state index contributed by atoms with van der Waals surface area (Å²) in [5.41, 5.74) is 0.424. The number of hydrogen-bond acceptors (Lipinski definition) is 5. The van der Waals surface area contributed by atoms with Crippen molar-refractivity contribution in [3.05, 3.63) is 30.3 Å². The van der Waals surface area contributed by atoms with Crippen LogP contribution in [0.3, 0.4) is 0 Å². The van der Waals surface area contributed by atoms with Crippen LogP contribution in [-0.2, 0) is 9.53 Å². The number of imide groups is 2.